The van der Waals surface area contributed by atoms with Gasteiger partial charge < -0.3 is 10.1 Å². The number of nitrogens with zero attached hydrogens (tertiary/aromatic N) is 1. The number of carbonyl (C=O) groups excluding carboxylic acids is 1. The van der Waals surface area contributed by atoms with Crippen molar-refractivity contribution >= 4 is 11.8 Å². The Bertz CT molecular complexity index is 665. The van der Waals surface area contributed by atoms with E-state index in [1.54, 1.807) is 12.1 Å². The SMILES string of the molecule is N#Cc1ccccc1C(=O)c1c[nH]c(C(=O)O)c1. The normalized spacial score (nSPS) is 9.72. The van der Waals surface area contributed by atoms with Crippen LogP contribution in [0.5, 0.6) is 0 Å². The van der Waals surface area contributed by atoms with E-state index in [1.807, 2.05) is 6.07 Å². The van der Waals surface area contributed by atoms with Crippen molar-refractivity contribution in [1.82, 2.24) is 4.98 Å². The fraction of sp³-hybridized carbons (Fsp3) is 0. The Labute approximate surface area is 102 Å². The second-order valence-corrected chi connectivity index (χ2v) is 3.59. The number of ketones is 1. The predicted molar refractivity (Wildman–Crippen MR) is 62.3 cm³/mol. The number of aromatic carboxylic acids is 1. The lowest BCUT2D eigenvalue weighted by atomic mass is 10.0. The highest BCUT2D eigenvalue weighted by atomic mass is 16.4. The van der Waals surface area contributed by atoms with Gasteiger partial charge in [0, 0.05) is 17.3 Å². The number of aromatic nitrogens is 1. The number of nitriles is 1. The Kier molecular flexibility index (Phi) is 2.94. The summed E-state index contributed by atoms with van der Waals surface area (Å²) in [5.74, 6) is -1.52. The molecule has 2 N–H and O–H groups in total. The molecule has 0 aliphatic heterocycles. The van der Waals surface area contributed by atoms with Crippen LogP contribution in [0.25, 0.3) is 0 Å². The summed E-state index contributed by atoms with van der Waals surface area (Å²) in [7, 11) is 0. The number of aromatic amines is 1. The summed E-state index contributed by atoms with van der Waals surface area (Å²) >= 11 is 0. The average molecular weight is 240 g/mol. The molecule has 88 valence electrons. The third-order valence-electron chi connectivity index (χ3n) is 2.47. The highest BCUT2D eigenvalue weighted by Gasteiger charge is 2.16. The first-order chi connectivity index (χ1) is 8.63. The molecule has 1 heterocycles. The molecule has 0 unspecified atom stereocenters. The molecule has 0 atom stereocenters. The van der Waals surface area contributed by atoms with Crippen LogP contribution in [-0.2, 0) is 0 Å². The van der Waals surface area contributed by atoms with Crippen LogP contribution >= 0.6 is 0 Å². The molecule has 18 heavy (non-hydrogen) atoms. The molecule has 0 saturated carbocycles. The number of hydrogen-bond donors (Lipinski definition) is 2. The zero-order chi connectivity index (χ0) is 13.1. The molecule has 1 aromatic heterocycles. The summed E-state index contributed by atoms with van der Waals surface area (Å²) in [6.45, 7) is 0. The third-order valence-corrected chi connectivity index (χ3v) is 2.47. The quantitative estimate of drug-likeness (QED) is 0.800. The molecular formula is C13H8N2O3. The standard InChI is InChI=1S/C13H8N2O3/c14-6-8-3-1-2-4-10(8)12(16)9-5-11(13(17)18)15-7-9/h1-5,7,15H,(H,17,18). The van der Waals surface area contributed by atoms with Crippen LogP contribution < -0.4 is 0 Å². The van der Waals surface area contributed by atoms with Gasteiger partial charge in [0.2, 0.25) is 0 Å². The van der Waals surface area contributed by atoms with Gasteiger partial charge in [0.25, 0.3) is 0 Å². The highest BCUT2D eigenvalue weighted by molar-refractivity contribution is 6.11. The molecule has 0 saturated heterocycles. The second kappa shape index (κ2) is 4.55. The summed E-state index contributed by atoms with van der Waals surface area (Å²) in [6.07, 6.45) is 1.32. The number of hydrogen-bond acceptors (Lipinski definition) is 3. The largest absolute Gasteiger partial charge is 0.477 e. The van der Waals surface area contributed by atoms with E-state index in [2.05, 4.69) is 4.98 Å². The average Bonchev–Trinajstić information content (AvgIpc) is 2.87. The number of benzene rings is 1. The van der Waals surface area contributed by atoms with Crippen molar-refractivity contribution in [2.75, 3.05) is 0 Å². The van der Waals surface area contributed by atoms with E-state index >= 15 is 0 Å². The lowest BCUT2D eigenvalue weighted by molar-refractivity contribution is 0.0691. The number of nitrogens with one attached hydrogen (secondary N) is 1. The Balaban J connectivity index is 2.42. The van der Waals surface area contributed by atoms with Crippen molar-refractivity contribution in [1.29, 1.82) is 5.26 Å². The Morgan fingerprint density at radius 3 is 2.61 bits per heavy atom. The van der Waals surface area contributed by atoms with Gasteiger partial charge in [-0.05, 0) is 18.2 Å². The summed E-state index contributed by atoms with van der Waals surface area (Å²) < 4.78 is 0. The van der Waals surface area contributed by atoms with E-state index in [4.69, 9.17) is 10.4 Å². The van der Waals surface area contributed by atoms with Crippen molar-refractivity contribution in [3.63, 3.8) is 0 Å². The van der Waals surface area contributed by atoms with E-state index in [0.29, 0.717) is 0 Å². The molecule has 1 aromatic carbocycles. The maximum atomic E-state index is 12.1. The van der Waals surface area contributed by atoms with Gasteiger partial charge in [-0.3, -0.25) is 4.79 Å². The van der Waals surface area contributed by atoms with Crippen molar-refractivity contribution in [3.05, 3.63) is 58.9 Å². The maximum Gasteiger partial charge on any atom is 0.352 e. The van der Waals surface area contributed by atoms with Crippen molar-refractivity contribution in [2.24, 2.45) is 0 Å². The highest BCUT2D eigenvalue weighted by Crippen LogP contribution is 2.14. The molecular weight excluding hydrogens is 232 g/mol. The zero-order valence-corrected chi connectivity index (χ0v) is 9.18. The molecule has 5 nitrogen and oxygen atoms in total. The summed E-state index contributed by atoms with van der Waals surface area (Å²) in [4.78, 5) is 25.3. The van der Waals surface area contributed by atoms with Gasteiger partial charge in [-0.2, -0.15) is 5.26 Å². The van der Waals surface area contributed by atoms with E-state index in [-0.39, 0.29) is 28.2 Å². The number of carboxylic acid groups (broad SMARTS) is 1. The van der Waals surface area contributed by atoms with Gasteiger partial charge in [-0.15, -0.1) is 0 Å². The molecule has 2 rings (SSSR count). The smallest absolute Gasteiger partial charge is 0.352 e. The molecule has 0 spiro atoms. The minimum absolute atomic E-state index is 0.0622. The summed E-state index contributed by atoms with van der Waals surface area (Å²) in [6, 6.07) is 9.57. The fourth-order valence-corrected chi connectivity index (χ4v) is 1.58. The first-order valence-electron chi connectivity index (χ1n) is 5.09. The molecule has 0 amide bonds. The van der Waals surface area contributed by atoms with E-state index in [9.17, 15) is 9.59 Å². The number of carboxylic acids is 1. The maximum absolute atomic E-state index is 12.1. The predicted octanol–water partition coefficient (Wildman–Crippen LogP) is 1.82. The number of carbonyl (C=O) groups is 2. The molecule has 2 aromatic rings. The zero-order valence-electron chi connectivity index (χ0n) is 9.18. The monoisotopic (exact) mass is 240 g/mol. The lowest BCUT2D eigenvalue weighted by Crippen LogP contribution is -2.02. The topological polar surface area (TPSA) is 94.0 Å². The van der Waals surface area contributed by atoms with Gasteiger partial charge >= 0.3 is 5.97 Å². The van der Waals surface area contributed by atoms with E-state index in [1.165, 1.54) is 24.4 Å². The first-order valence-corrected chi connectivity index (χ1v) is 5.09. The van der Waals surface area contributed by atoms with Crippen LogP contribution in [0, 0.1) is 11.3 Å². The Morgan fingerprint density at radius 1 is 1.28 bits per heavy atom. The number of H-pyrrole nitrogens is 1. The van der Waals surface area contributed by atoms with Gasteiger partial charge in [0.15, 0.2) is 5.78 Å². The number of rotatable bonds is 3. The molecule has 0 radical (unpaired) electrons. The fourth-order valence-electron chi connectivity index (χ4n) is 1.58. The van der Waals surface area contributed by atoms with Crippen molar-refractivity contribution in [2.45, 2.75) is 0 Å². The van der Waals surface area contributed by atoms with E-state index < -0.39 is 5.97 Å². The second-order valence-electron chi connectivity index (χ2n) is 3.59. The van der Waals surface area contributed by atoms with Gasteiger partial charge in [0.05, 0.1) is 11.6 Å². The summed E-state index contributed by atoms with van der Waals surface area (Å²) in [5.41, 5.74) is 0.680. The van der Waals surface area contributed by atoms with Crippen LogP contribution in [-0.4, -0.2) is 21.8 Å². The van der Waals surface area contributed by atoms with Crippen LogP contribution in [0.3, 0.4) is 0 Å². The van der Waals surface area contributed by atoms with Crippen LogP contribution in [0.15, 0.2) is 36.5 Å². The van der Waals surface area contributed by atoms with Crippen LogP contribution in [0.4, 0.5) is 0 Å². The molecule has 5 heteroatoms. The Morgan fingerprint density at radius 2 is 2.00 bits per heavy atom. The minimum atomic E-state index is -1.14. The minimum Gasteiger partial charge on any atom is -0.477 e. The van der Waals surface area contributed by atoms with Gasteiger partial charge in [0.1, 0.15) is 5.69 Å². The van der Waals surface area contributed by atoms with Crippen molar-refractivity contribution in [3.8, 4) is 6.07 Å². The summed E-state index contributed by atoms with van der Waals surface area (Å²) in [5, 5.41) is 17.7. The molecule has 0 aliphatic rings. The lowest BCUT2D eigenvalue weighted by Gasteiger charge is -2.00. The van der Waals surface area contributed by atoms with Crippen LogP contribution in [0.1, 0.15) is 32.0 Å². The first kappa shape index (κ1) is 11.6. The molecule has 0 bridgehead atoms. The van der Waals surface area contributed by atoms with Gasteiger partial charge in [-0.25, -0.2) is 4.79 Å². The third kappa shape index (κ3) is 1.99. The van der Waals surface area contributed by atoms with Crippen molar-refractivity contribution < 1.29 is 14.7 Å². The molecule has 0 aliphatic carbocycles. The Hall–Kier alpha value is -2.87. The molecule has 0 fully saturated rings. The van der Waals surface area contributed by atoms with Crippen LogP contribution in [0.2, 0.25) is 0 Å². The van der Waals surface area contributed by atoms with Gasteiger partial charge in [-0.1, -0.05) is 12.1 Å². The van der Waals surface area contributed by atoms with E-state index in [0.717, 1.165) is 0 Å².